The van der Waals surface area contributed by atoms with E-state index < -0.39 is 5.56 Å². The van der Waals surface area contributed by atoms with Crippen LogP contribution < -0.4 is 19.9 Å². The first-order valence-electron chi connectivity index (χ1n) is 4.97. The molecule has 6 heteroatoms. The first-order valence-corrected chi connectivity index (χ1v) is 4.97. The Labute approximate surface area is 97.2 Å². The van der Waals surface area contributed by atoms with E-state index in [1.807, 2.05) is 0 Å². The summed E-state index contributed by atoms with van der Waals surface area (Å²) in [6.07, 6.45) is 0. The van der Waals surface area contributed by atoms with Gasteiger partial charge in [-0.25, -0.2) is 0 Å². The molecule has 0 unspecified atom stereocenters. The highest BCUT2D eigenvalue weighted by molar-refractivity contribution is 5.73. The molecule has 0 bridgehead atoms. The minimum atomic E-state index is -0.483. The summed E-state index contributed by atoms with van der Waals surface area (Å²) >= 11 is 0. The summed E-state index contributed by atoms with van der Waals surface area (Å²) in [5.74, 6) is 0.548. The molecule has 1 heterocycles. The Hall–Kier alpha value is -2.24. The average molecular weight is 236 g/mol. The Bertz CT molecular complexity index is 633. The van der Waals surface area contributed by atoms with E-state index in [1.165, 1.54) is 21.1 Å². The fourth-order valence-corrected chi connectivity index (χ4v) is 1.67. The molecule has 6 nitrogen and oxygen atoms in total. The topological polar surface area (TPSA) is 67.4 Å². The number of aromatic nitrogens is 2. The van der Waals surface area contributed by atoms with Crippen molar-refractivity contribution in [2.24, 2.45) is 0 Å². The second-order valence-electron chi connectivity index (χ2n) is 3.52. The zero-order valence-electron chi connectivity index (χ0n) is 9.76. The second-order valence-corrected chi connectivity index (χ2v) is 3.52. The lowest BCUT2D eigenvalue weighted by molar-refractivity contribution is -0.586. The minimum absolute atomic E-state index is 0.0597. The molecule has 90 valence electrons. The molecule has 0 aliphatic heterocycles. The van der Waals surface area contributed by atoms with Gasteiger partial charge in [0.2, 0.25) is 5.52 Å². The minimum Gasteiger partial charge on any atom is -0.618 e. The normalized spacial score (nSPS) is 10.5. The maximum atomic E-state index is 11.8. The molecule has 2 aromatic rings. The molecule has 0 aliphatic rings. The van der Waals surface area contributed by atoms with Crippen LogP contribution in [0.2, 0.25) is 0 Å². The van der Waals surface area contributed by atoms with Gasteiger partial charge in [-0.05, 0) is 6.07 Å². The third kappa shape index (κ3) is 1.57. The Morgan fingerprint density at radius 2 is 2.06 bits per heavy atom. The Morgan fingerprint density at radius 1 is 1.35 bits per heavy atom. The molecular formula is C11H12N2O4. The van der Waals surface area contributed by atoms with Crippen LogP contribution in [0.4, 0.5) is 0 Å². The van der Waals surface area contributed by atoms with E-state index in [0.29, 0.717) is 21.5 Å². The zero-order valence-corrected chi connectivity index (χ0v) is 9.76. The van der Waals surface area contributed by atoms with Crippen LogP contribution in [-0.4, -0.2) is 19.0 Å². The lowest BCUT2D eigenvalue weighted by atomic mass is 10.2. The van der Waals surface area contributed by atoms with E-state index >= 15 is 0 Å². The van der Waals surface area contributed by atoms with Crippen LogP contribution in [0.25, 0.3) is 11.0 Å². The number of hydrogen-bond acceptors (Lipinski definition) is 4. The summed E-state index contributed by atoms with van der Waals surface area (Å²) in [6.45, 7) is 1.45. The van der Waals surface area contributed by atoms with Gasteiger partial charge >= 0.3 is 5.56 Å². The summed E-state index contributed by atoms with van der Waals surface area (Å²) in [4.78, 5) is 16.8. The van der Waals surface area contributed by atoms with Crippen molar-refractivity contribution in [2.75, 3.05) is 14.2 Å². The van der Waals surface area contributed by atoms with Crippen molar-refractivity contribution in [3.05, 3.63) is 39.5 Å². The average Bonchev–Trinajstić information content (AvgIpc) is 2.36. The fourth-order valence-electron chi connectivity index (χ4n) is 1.67. The van der Waals surface area contributed by atoms with E-state index in [-0.39, 0.29) is 5.69 Å². The smallest absolute Gasteiger partial charge is 0.352 e. The fraction of sp³-hybridized carbons (Fsp3) is 0.273. The molecule has 0 fully saturated rings. The van der Waals surface area contributed by atoms with Gasteiger partial charge in [-0.1, -0.05) is 0 Å². The maximum Gasteiger partial charge on any atom is 0.352 e. The quantitative estimate of drug-likeness (QED) is 0.544. The standard InChI is InChI=1S/C11H12N2O4/c1-7-11(14)13(17-3)10-6-8(16-2)4-5-9(10)12(7)15/h4-6H,1-3H3. The van der Waals surface area contributed by atoms with Crippen LogP contribution in [0.5, 0.6) is 5.75 Å². The van der Waals surface area contributed by atoms with Crippen molar-refractivity contribution < 1.29 is 14.3 Å². The molecule has 17 heavy (non-hydrogen) atoms. The van der Waals surface area contributed by atoms with Crippen LogP contribution in [-0.2, 0) is 0 Å². The zero-order chi connectivity index (χ0) is 12.6. The van der Waals surface area contributed by atoms with Gasteiger partial charge in [-0.3, -0.25) is 4.79 Å². The number of rotatable bonds is 2. The summed E-state index contributed by atoms with van der Waals surface area (Å²) in [6, 6.07) is 4.82. The van der Waals surface area contributed by atoms with Crippen molar-refractivity contribution >= 4 is 11.0 Å². The van der Waals surface area contributed by atoms with Gasteiger partial charge < -0.3 is 14.8 Å². The summed E-state index contributed by atoms with van der Waals surface area (Å²) in [5, 5.41) is 11.8. The Balaban J connectivity index is 2.96. The van der Waals surface area contributed by atoms with E-state index in [2.05, 4.69) is 0 Å². The number of methoxy groups -OCH3 is 1. The summed E-state index contributed by atoms with van der Waals surface area (Å²) in [7, 11) is 2.88. The largest absolute Gasteiger partial charge is 0.618 e. The molecule has 0 amide bonds. The lowest BCUT2D eigenvalue weighted by Gasteiger charge is -2.11. The van der Waals surface area contributed by atoms with Crippen molar-refractivity contribution in [1.29, 1.82) is 0 Å². The van der Waals surface area contributed by atoms with Crippen LogP contribution in [0, 0.1) is 12.1 Å². The first kappa shape index (κ1) is 11.3. The monoisotopic (exact) mass is 236 g/mol. The summed E-state index contributed by atoms with van der Waals surface area (Å²) < 4.78 is 6.71. The van der Waals surface area contributed by atoms with Crippen molar-refractivity contribution in [3.8, 4) is 5.75 Å². The molecule has 0 radical (unpaired) electrons. The SMILES string of the molecule is COc1ccc2c(c1)n(OC)c(=O)c(C)[n+]2[O-]. The van der Waals surface area contributed by atoms with Crippen LogP contribution >= 0.6 is 0 Å². The van der Waals surface area contributed by atoms with E-state index in [1.54, 1.807) is 18.2 Å². The van der Waals surface area contributed by atoms with Gasteiger partial charge in [0.1, 0.15) is 12.9 Å². The predicted octanol–water partition coefficient (Wildman–Crippen LogP) is 0.0103. The Morgan fingerprint density at radius 3 is 2.65 bits per heavy atom. The van der Waals surface area contributed by atoms with Crippen LogP contribution in [0.15, 0.2) is 23.0 Å². The third-order valence-electron chi connectivity index (χ3n) is 2.60. The molecule has 0 N–H and O–H groups in total. The highest BCUT2D eigenvalue weighted by Crippen LogP contribution is 2.16. The highest BCUT2D eigenvalue weighted by atomic mass is 16.7. The van der Waals surface area contributed by atoms with Crippen molar-refractivity contribution in [1.82, 2.24) is 4.73 Å². The number of nitrogens with zero attached hydrogens (tertiary/aromatic N) is 2. The van der Waals surface area contributed by atoms with Gasteiger partial charge in [0.15, 0.2) is 5.52 Å². The number of hydrogen-bond donors (Lipinski definition) is 0. The molecule has 1 aromatic carbocycles. The van der Waals surface area contributed by atoms with Gasteiger partial charge in [-0.2, -0.15) is 4.73 Å². The van der Waals surface area contributed by atoms with E-state index in [9.17, 15) is 10.0 Å². The van der Waals surface area contributed by atoms with Crippen LogP contribution in [0.3, 0.4) is 0 Å². The van der Waals surface area contributed by atoms with Gasteiger partial charge in [0, 0.05) is 19.1 Å². The molecular weight excluding hydrogens is 224 g/mol. The van der Waals surface area contributed by atoms with Gasteiger partial charge in [0.25, 0.3) is 5.69 Å². The number of ether oxygens (including phenoxy) is 1. The van der Waals surface area contributed by atoms with Crippen LogP contribution in [0.1, 0.15) is 5.69 Å². The summed E-state index contributed by atoms with van der Waals surface area (Å²) in [5.41, 5.74) is 0.301. The molecule has 0 saturated heterocycles. The second kappa shape index (κ2) is 3.97. The lowest BCUT2D eigenvalue weighted by Crippen LogP contribution is -2.43. The number of benzene rings is 1. The first-order chi connectivity index (χ1) is 8.10. The molecule has 0 aliphatic carbocycles. The molecule has 2 rings (SSSR count). The molecule has 0 saturated carbocycles. The Kier molecular flexibility index (Phi) is 2.63. The molecule has 1 aromatic heterocycles. The van der Waals surface area contributed by atoms with Gasteiger partial charge in [-0.15, -0.1) is 4.73 Å². The third-order valence-corrected chi connectivity index (χ3v) is 2.60. The van der Waals surface area contributed by atoms with Gasteiger partial charge in [0.05, 0.1) is 7.11 Å². The number of fused-ring (bicyclic) bond motifs is 1. The highest BCUT2D eigenvalue weighted by Gasteiger charge is 2.18. The van der Waals surface area contributed by atoms with Crippen molar-refractivity contribution in [3.63, 3.8) is 0 Å². The molecule has 0 spiro atoms. The van der Waals surface area contributed by atoms with Crippen molar-refractivity contribution in [2.45, 2.75) is 6.92 Å². The molecule has 0 atom stereocenters. The maximum absolute atomic E-state index is 11.8. The van der Waals surface area contributed by atoms with E-state index in [0.717, 1.165) is 4.73 Å². The van der Waals surface area contributed by atoms with E-state index in [4.69, 9.17) is 9.57 Å². The predicted molar refractivity (Wildman–Crippen MR) is 61.0 cm³/mol.